The van der Waals surface area contributed by atoms with E-state index < -0.39 is 0 Å². The molecule has 0 amide bonds. The second-order valence-electron chi connectivity index (χ2n) is 7.61. The SMILES string of the molecule is CCCCCCc1cnc2c(Nc3ccc(-n4cnc(C)c4)c(OC)c3)cccn12. The molecule has 3 heterocycles. The van der Waals surface area contributed by atoms with Crippen molar-refractivity contribution in [1.29, 1.82) is 0 Å². The Morgan fingerprint density at radius 1 is 1.10 bits per heavy atom. The maximum atomic E-state index is 5.63. The molecular formula is C24H29N5O. The summed E-state index contributed by atoms with van der Waals surface area (Å²) in [7, 11) is 1.69. The molecule has 6 heteroatoms. The van der Waals surface area contributed by atoms with Crippen molar-refractivity contribution in [3.63, 3.8) is 0 Å². The number of hydrogen-bond donors (Lipinski definition) is 1. The van der Waals surface area contributed by atoms with Crippen LogP contribution in [0.2, 0.25) is 0 Å². The third kappa shape index (κ3) is 4.17. The van der Waals surface area contributed by atoms with E-state index in [2.05, 4.69) is 44.9 Å². The molecule has 30 heavy (non-hydrogen) atoms. The van der Waals surface area contributed by atoms with E-state index in [1.807, 2.05) is 42.1 Å². The third-order valence-electron chi connectivity index (χ3n) is 5.35. The fraction of sp³-hybridized carbons (Fsp3) is 0.333. The Hall–Kier alpha value is -3.28. The summed E-state index contributed by atoms with van der Waals surface area (Å²) in [6.07, 6.45) is 13.9. The van der Waals surface area contributed by atoms with Gasteiger partial charge in [-0.1, -0.05) is 26.2 Å². The molecule has 0 unspecified atom stereocenters. The summed E-state index contributed by atoms with van der Waals surface area (Å²) in [5.41, 5.74) is 6.05. The third-order valence-corrected chi connectivity index (χ3v) is 5.35. The second kappa shape index (κ2) is 9.03. The predicted octanol–water partition coefficient (Wildman–Crippen LogP) is 5.70. The molecule has 0 spiro atoms. The maximum Gasteiger partial charge on any atom is 0.160 e. The maximum absolute atomic E-state index is 5.63. The van der Waals surface area contributed by atoms with Crippen molar-refractivity contribution in [3.8, 4) is 11.4 Å². The van der Waals surface area contributed by atoms with Crippen LogP contribution in [0.25, 0.3) is 11.3 Å². The lowest BCUT2D eigenvalue weighted by Gasteiger charge is -2.13. The molecule has 0 bridgehead atoms. The van der Waals surface area contributed by atoms with Gasteiger partial charge in [-0.05, 0) is 44.0 Å². The molecule has 6 nitrogen and oxygen atoms in total. The van der Waals surface area contributed by atoms with Crippen molar-refractivity contribution in [2.45, 2.75) is 46.0 Å². The molecular weight excluding hydrogens is 374 g/mol. The van der Waals surface area contributed by atoms with Gasteiger partial charge in [0.25, 0.3) is 0 Å². The van der Waals surface area contributed by atoms with E-state index >= 15 is 0 Å². The molecule has 0 radical (unpaired) electrons. The Kier molecular flexibility index (Phi) is 6.02. The van der Waals surface area contributed by atoms with Crippen molar-refractivity contribution < 1.29 is 4.74 Å². The minimum atomic E-state index is 0.782. The number of aryl methyl sites for hydroxylation is 2. The fourth-order valence-corrected chi connectivity index (χ4v) is 3.75. The number of unbranched alkanes of at least 4 members (excludes halogenated alkanes) is 3. The van der Waals surface area contributed by atoms with Crippen molar-refractivity contribution in [2.24, 2.45) is 0 Å². The number of nitrogens with one attached hydrogen (secondary N) is 1. The van der Waals surface area contributed by atoms with Crippen molar-refractivity contribution in [1.82, 2.24) is 18.9 Å². The predicted molar refractivity (Wildman–Crippen MR) is 121 cm³/mol. The monoisotopic (exact) mass is 403 g/mol. The van der Waals surface area contributed by atoms with Gasteiger partial charge in [0, 0.05) is 36.0 Å². The van der Waals surface area contributed by atoms with E-state index in [-0.39, 0.29) is 0 Å². The summed E-state index contributed by atoms with van der Waals surface area (Å²) in [6, 6.07) is 10.2. The lowest BCUT2D eigenvalue weighted by atomic mass is 10.1. The number of fused-ring (bicyclic) bond motifs is 1. The van der Waals surface area contributed by atoms with Crippen LogP contribution in [0.15, 0.2) is 55.2 Å². The topological polar surface area (TPSA) is 56.4 Å². The molecule has 0 atom stereocenters. The molecule has 0 aliphatic rings. The lowest BCUT2D eigenvalue weighted by Crippen LogP contribution is -2.00. The first-order valence-corrected chi connectivity index (χ1v) is 10.6. The molecule has 0 saturated heterocycles. The minimum Gasteiger partial charge on any atom is -0.494 e. The van der Waals surface area contributed by atoms with Crippen LogP contribution in [-0.4, -0.2) is 26.0 Å². The molecule has 1 aromatic carbocycles. The fourth-order valence-electron chi connectivity index (χ4n) is 3.75. The summed E-state index contributed by atoms with van der Waals surface area (Å²) < 4.78 is 9.79. The number of imidazole rings is 2. The lowest BCUT2D eigenvalue weighted by molar-refractivity contribution is 0.413. The highest BCUT2D eigenvalue weighted by Crippen LogP contribution is 2.30. The number of nitrogens with zero attached hydrogens (tertiary/aromatic N) is 4. The quantitative estimate of drug-likeness (QED) is 0.364. The number of pyridine rings is 1. The molecule has 3 aromatic heterocycles. The van der Waals surface area contributed by atoms with Crippen LogP contribution in [0.4, 0.5) is 11.4 Å². The number of ether oxygens (including phenoxy) is 1. The summed E-state index contributed by atoms with van der Waals surface area (Å²) in [5, 5.41) is 3.51. The highest BCUT2D eigenvalue weighted by atomic mass is 16.5. The molecule has 0 fully saturated rings. The van der Waals surface area contributed by atoms with E-state index in [1.54, 1.807) is 13.4 Å². The number of anilines is 2. The summed E-state index contributed by atoms with van der Waals surface area (Å²) >= 11 is 0. The molecule has 4 rings (SSSR count). The van der Waals surface area contributed by atoms with Gasteiger partial charge in [-0.25, -0.2) is 9.97 Å². The van der Waals surface area contributed by atoms with E-state index in [9.17, 15) is 0 Å². The highest BCUT2D eigenvalue weighted by Gasteiger charge is 2.11. The zero-order valence-corrected chi connectivity index (χ0v) is 17.9. The number of hydrogen-bond acceptors (Lipinski definition) is 4. The minimum absolute atomic E-state index is 0.782. The van der Waals surface area contributed by atoms with Gasteiger partial charge in [0.2, 0.25) is 0 Å². The zero-order chi connectivity index (χ0) is 20.9. The number of aromatic nitrogens is 4. The highest BCUT2D eigenvalue weighted by molar-refractivity contribution is 5.75. The van der Waals surface area contributed by atoms with Gasteiger partial charge in [0.05, 0.1) is 30.5 Å². The van der Waals surface area contributed by atoms with Crippen molar-refractivity contribution in [3.05, 3.63) is 66.6 Å². The van der Waals surface area contributed by atoms with Gasteiger partial charge < -0.3 is 19.0 Å². The molecule has 0 saturated carbocycles. The smallest absolute Gasteiger partial charge is 0.160 e. The molecule has 0 aliphatic carbocycles. The van der Waals surface area contributed by atoms with Crippen LogP contribution in [-0.2, 0) is 6.42 Å². The van der Waals surface area contributed by atoms with E-state index in [4.69, 9.17) is 4.74 Å². The van der Waals surface area contributed by atoms with Crippen LogP contribution in [0.5, 0.6) is 5.75 Å². The van der Waals surface area contributed by atoms with Crippen LogP contribution in [0.3, 0.4) is 0 Å². The Morgan fingerprint density at radius 3 is 2.77 bits per heavy atom. The van der Waals surface area contributed by atoms with Crippen molar-refractivity contribution in [2.75, 3.05) is 12.4 Å². The zero-order valence-electron chi connectivity index (χ0n) is 17.9. The standard InChI is InChI=1S/C24H29N5O/c1-4-5-6-7-9-20-15-25-24-21(10-8-13-29(20)24)27-19-11-12-22(23(14-19)30-3)28-16-18(2)26-17-28/h8,10-17,27H,4-7,9H2,1-3H3. The summed E-state index contributed by atoms with van der Waals surface area (Å²) in [4.78, 5) is 8.99. The van der Waals surface area contributed by atoms with Crippen LogP contribution >= 0.6 is 0 Å². The molecule has 4 aromatic rings. The average molecular weight is 404 g/mol. The van der Waals surface area contributed by atoms with Crippen LogP contribution in [0, 0.1) is 6.92 Å². The number of benzene rings is 1. The van der Waals surface area contributed by atoms with Crippen LogP contribution in [0.1, 0.15) is 44.0 Å². The van der Waals surface area contributed by atoms with Crippen LogP contribution < -0.4 is 10.1 Å². The van der Waals surface area contributed by atoms with E-state index in [0.717, 1.165) is 40.6 Å². The van der Waals surface area contributed by atoms with E-state index in [1.165, 1.54) is 31.4 Å². The van der Waals surface area contributed by atoms with Gasteiger partial charge >= 0.3 is 0 Å². The Balaban J connectivity index is 1.57. The van der Waals surface area contributed by atoms with Gasteiger partial charge in [0.1, 0.15) is 5.75 Å². The molecule has 1 N–H and O–H groups in total. The normalized spacial score (nSPS) is 11.2. The summed E-state index contributed by atoms with van der Waals surface area (Å²) in [5.74, 6) is 0.782. The van der Waals surface area contributed by atoms with Gasteiger partial charge in [-0.2, -0.15) is 0 Å². The first-order valence-electron chi connectivity index (χ1n) is 10.6. The van der Waals surface area contributed by atoms with Gasteiger partial charge in [-0.15, -0.1) is 0 Å². The Morgan fingerprint density at radius 2 is 2.00 bits per heavy atom. The Labute approximate surface area is 177 Å². The first kappa shape index (κ1) is 20.0. The second-order valence-corrected chi connectivity index (χ2v) is 7.61. The largest absolute Gasteiger partial charge is 0.494 e. The molecule has 156 valence electrons. The van der Waals surface area contributed by atoms with Gasteiger partial charge in [0.15, 0.2) is 5.65 Å². The summed E-state index contributed by atoms with van der Waals surface area (Å²) in [6.45, 7) is 4.21. The van der Waals surface area contributed by atoms with Gasteiger partial charge in [-0.3, -0.25) is 0 Å². The number of methoxy groups -OCH3 is 1. The van der Waals surface area contributed by atoms with Crippen molar-refractivity contribution >= 4 is 17.0 Å². The van der Waals surface area contributed by atoms with E-state index in [0.29, 0.717) is 0 Å². The first-order chi connectivity index (χ1) is 14.7. The Bertz CT molecular complexity index is 1130. The average Bonchev–Trinajstić information content (AvgIpc) is 3.38. The number of rotatable bonds is 9. The molecule has 0 aliphatic heterocycles.